The van der Waals surface area contributed by atoms with Crippen LogP contribution >= 0.6 is 11.6 Å². The standard InChI is InChI=1S/C22H19ClF3NO2/c1-14(18-9-8-17(29-2)13-19(18)23)21(28,22(24,25)26)16-10-11-27-20(12-16)15-6-4-3-5-7-15/h3-14,28H,1-2H3. The van der Waals surface area contributed by atoms with Gasteiger partial charge in [-0.15, -0.1) is 0 Å². The predicted octanol–water partition coefficient (Wildman–Crippen LogP) is 5.96. The number of halogens is 4. The van der Waals surface area contributed by atoms with E-state index in [2.05, 4.69) is 4.98 Å². The van der Waals surface area contributed by atoms with Crippen LogP contribution in [-0.4, -0.2) is 23.4 Å². The van der Waals surface area contributed by atoms with Crippen LogP contribution in [0.1, 0.15) is 24.0 Å². The second-order valence-corrected chi connectivity index (χ2v) is 7.08. The van der Waals surface area contributed by atoms with Crippen LogP contribution in [-0.2, 0) is 5.60 Å². The van der Waals surface area contributed by atoms with Gasteiger partial charge in [0, 0.05) is 22.7 Å². The zero-order chi connectivity index (χ0) is 21.2. The van der Waals surface area contributed by atoms with Crippen LogP contribution in [0.2, 0.25) is 5.02 Å². The van der Waals surface area contributed by atoms with E-state index in [0.717, 1.165) is 0 Å². The van der Waals surface area contributed by atoms with Crippen molar-refractivity contribution in [2.45, 2.75) is 24.6 Å². The lowest BCUT2D eigenvalue weighted by Gasteiger charge is -2.37. The molecule has 29 heavy (non-hydrogen) atoms. The number of pyridine rings is 1. The van der Waals surface area contributed by atoms with Gasteiger partial charge < -0.3 is 9.84 Å². The Balaban J connectivity index is 2.13. The molecule has 0 saturated heterocycles. The molecule has 2 unspecified atom stereocenters. The Labute approximate surface area is 171 Å². The van der Waals surface area contributed by atoms with Crippen LogP contribution in [0, 0.1) is 0 Å². The first kappa shape index (κ1) is 21.1. The Hall–Kier alpha value is -2.57. The van der Waals surface area contributed by atoms with E-state index < -0.39 is 17.7 Å². The molecule has 1 N–H and O–H groups in total. The van der Waals surface area contributed by atoms with Crippen LogP contribution in [0.3, 0.4) is 0 Å². The average Bonchev–Trinajstić information content (AvgIpc) is 2.72. The van der Waals surface area contributed by atoms with Crippen molar-refractivity contribution >= 4 is 11.6 Å². The Kier molecular flexibility index (Phi) is 5.87. The highest BCUT2D eigenvalue weighted by molar-refractivity contribution is 6.31. The third-order valence-corrected chi connectivity index (χ3v) is 5.33. The van der Waals surface area contributed by atoms with Crippen LogP contribution in [0.15, 0.2) is 66.9 Å². The summed E-state index contributed by atoms with van der Waals surface area (Å²) in [5, 5.41) is 11.1. The maximum Gasteiger partial charge on any atom is 0.422 e. The molecule has 0 aliphatic carbocycles. The van der Waals surface area contributed by atoms with Crippen molar-refractivity contribution in [3.8, 4) is 17.0 Å². The molecule has 152 valence electrons. The number of hydrogen-bond acceptors (Lipinski definition) is 3. The van der Waals surface area contributed by atoms with E-state index in [4.69, 9.17) is 16.3 Å². The number of ether oxygens (including phenoxy) is 1. The van der Waals surface area contributed by atoms with Crippen molar-refractivity contribution in [1.29, 1.82) is 0 Å². The lowest BCUT2D eigenvalue weighted by Crippen LogP contribution is -2.46. The number of methoxy groups -OCH3 is 1. The highest BCUT2D eigenvalue weighted by atomic mass is 35.5. The molecule has 0 aliphatic heterocycles. The first-order valence-electron chi connectivity index (χ1n) is 8.83. The quantitative estimate of drug-likeness (QED) is 0.552. The fourth-order valence-corrected chi connectivity index (χ4v) is 3.64. The van der Waals surface area contributed by atoms with Crippen molar-refractivity contribution in [2.75, 3.05) is 7.11 Å². The summed E-state index contributed by atoms with van der Waals surface area (Å²) in [5.41, 5.74) is -2.34. The van der Waals surface area contributed by atoms with Gasteiger partial charge in [0.2, 0.25) is 0 Å². The van der Waals surface area contributed by atoms with Gasteiger partial charge in [-0.1, -0.05) is 54.9 Å². The second-order valence-electron chi connectivity index (χ2n) is 6.67. The number of alkyl halides is 3. The summed E-state index contributed by atoms with van der Waals surface area (Å²) >= 11 is 6.20. The molecule has 0 saturated carbocycles. The third kappa shape index (κ3) is 3.95. The lowest BCUT2D eigenvalue weighted by molar-refractivity contribution is -0.274. The smallest absolute Gasteiger partial charge is 0.422 e. The monoisotopic (exact) mass is 421 g/mol. The summed E-state index contributed by atoms with van der Waals surface area (Å²) in [4.78, 5) is 4.16. The van der Waals surface area contributed by atoms with Crippen LogP contribution in [0.25, 0.3) is 11.3 Å². The fraction of sp³-hybridized carbons (Fsp3) is 0.227. The molecule has 0 radical (unpaired) electrons. The van der Waals surface area contributed by atoms with E-state index in [0.29, 0.717) is 17.0 Å². The van der Waals surface area contributed by atoms with Crippen molar-refractivity contribution in [3.05, 3.63) is 83.0 Å². The van der Waals surface area contributed by atoms with Gasteiger partial charge in [-0.05, 0) is 35.4 Å². The minimum atomic E-state index is -4.95. The average molecular weight is 422 g/mol. The van der Waals surface area contributed by atoms with E-state index in [-0.39, 0.29) is 16.1 Å². The van der Waals surface area contributed by atoms with E-state index >= 15 is 0 Å². The van der Waals surface area contributed by atoms with Crippen LogP contribution < -0.4 is 4.74 Å². The van der Waals surface area contributed by atoms with Crippen LogP contribution in [0.4, 0.5) is 13.2 Å². The van der Waals surface area contributed by atoms with Gasteiger partial charge in [0.15, 0.2) is 5.60 Å². The molecule has 0 spiro atoms. The molecule has 0 amide bonds. The Bertz CT molecular complexity index is 995. The molecule has 1 heterocycles. The van der Waals surface area contributed by atoms with Gasteiger partial charge >= 0.3 is 6.18 Å². The normalized spacial score (nSPS) is 14.9. The second kappa shape index (κ2) is 8.05. The number of rotatable bonds is 5. The summed E-state index contributed by atoms with van der Waals surface area (Å²) in [6.45, 7) is 1.30. The zero-order valence-electron chi connectivity index (χ0n) is 15.7. The van der Waals surface area contributed by atoms with E-state index in [1.807, 2.05) is 0 Å². The molecule has 7 heteroatoms. The Morgan fingerprint density at radius 3 is 2.31 bits per heavy atom. The van der Waals surface area contributed by atoms with E-state index in [1.165, 1.54) is 50.6 Å². The van der Waals surface area contributed by atoms with Crippen molar-refractivity contribution < 1.29 is 23.0 Å². The molecule has 2 atom stereocenters. The van der Waals surface area contributed by atoms with Crippen LogP contribution in [0.5, 0.6) is 5.75 Å². The number of nitrogens with zero attached hydrogens (tertiary/aromatic N) is 1. The maximum absolute atomic E-state index is 14.2. The number of hydrogen-bond donors (Lipinski definition) is 1. The minimum Gasteiger partial charge on any atom is -0.497 e. The Morgan fingerprint density at radius 1 is 1.03 bits per heavy atom. The molecule has 3 aromatic rings. The molecular weight excluding hydrogens is 403 g/mol. The molecule has 0 fully saturated rings. The maximum atomic E-state index is 14.2. The molecular formula is C22H19ClF3NO2. The fourth-order valence-electron chi connectivity index (χ4n) is 3.30. The van der Waals surface area contributed by atoms with Gasteiger partial charge in [-0.25, -0.2) is 0 Å². The summed E-state index contributed by atoms with van der Waals surface area (Å²) in [7, 11) is 1.43. The van der Waals surface area contributed by atoms with Gasteiger partial charge in [-0.2, -0.15) is 13.2 Å². The first-order chi connectivity index (χ1) is 13.7. The highest BCUT2D eigenvalue weighted by Gasteiger charge is 2.59. The molecule has 0 aliphatic rings. The van der Waals surface area contributed by atoms with Crippen molar-refractivity contribution in [2.24, 2.45) is 0 Å². The van der Waals surface area contributed by atoms with Crippen molar-refractivity contribution in [3.63, 3.8) is 0 Å². The summed E-state index contributed by atoms with van der Waals surface area (Å²) < 4.78 is 47.7. The summed E-state index contributed by atoms with van der Waals surface area (Å²) in [5.74, 6) is -0.969. The molecule has 3 rings (SSSR count). The first-order valence-corrected chi connectivity index (χ1v) is 9.20. The zero-order valence-corrected chi connectivity index (χ0v) is 16.5. The Morgan fingerprint density at radius 2 is 1.72 bits per heavy atom. The van der Waals surface area contributed by atoms with Crippen molar-refractivity contribution in [1.82, 2.24) is 4.98 Å². The SMILES string of the molecule is COc1ccc(C(C)C(O)(c2ccnc(-c3ccccc3)c2)C(F)(F)F)c(Cl)c1. The molecule has 0 bridgehead atoms. The van der Waals surface area contributed by atoms with Gasteiger partial charge in [0.25, 0.3) is 0 Å². The van der Waals surface area contributed by atoms with E-state index in [9.17, 15) is 18.3 Å². The van der Waals surface area contributed by atoms with Gasteiger partial charge in [0.1, 0.15) is 5.75 Å². The minimum absolute atomic E-state index is 0.0804. The topological polar surface area (TPSA) is 42.4 Å². The molecule has 2 aromatic carbocycles. The number of aromatic nitrogens is 1. The summed E-state index contributed by atoms with van der Waals surface area (Å²) in [6.07, 6.45) is -3.69. The largest absolute Gasteiger partial charge is 0.497 e. The lowest BCUT2D eigenvalue weighted by atomic mass is 9.77. The molecule has 3 nitrogen and oxygen atoms in total. The summed E-state index contributed by atoms with van der Waals surface area (Å²) in [6, 6.07) is 15.6. The third-order valence-electron chi connectivity index (χ3n) is 5.00. The number of benzene rings is 2. The molecule has 1 aromatic heterocycles. The van der Waals surface area contributed by atoms with E-state index in [1.54, 1.807) is 30.3 Å². The number of aliphatic hydroxyl groups is 1. The van der Waals surface area contributed by atoms with Gasteiger partial charge in [-0.3, -0.25) is 4.98 Å². The predicted molar refractivity (Wildman–Crippen MR) is 106 cm³/mol. The van der Waals surface area contributed by atoms with Gasteiger partial charge in [0.05, 0.1) is 12.8 Å². The highest BCUT2D eigenvalue weighted by Crippen LogP contribution is 2.50.